The Morgan fingerprint density at radius 2 is 1.93 bits per heavy atom. The number of hydrogen-bond acceptors (Lipinski definition) is 2. The van der Waals surface area contributed by atoms with E-state index in [2.05, 4.69) is 51.8 Å². The summed E-state index contributed by atoms with van der Waals surface area (Å²) >= 11 is 8.72. The molecule has 0 aliphatic carbocycles. The average molecular weight is 341 g/mol. The maximum atomic E-state index is 6.23. The number of nitrogens with two attached hydrogens (primary N) is 1. The Labute approximate surface area is 106 Å². The molecule has 1 aromatic heterocycles. The van der Waals surface area contributed by atoms with Crippen molar-refractivity contribution in [1.29, 1.82) is 0 Å². The van der Waals surface area contributed by atoms with Crippen LogP contribution in [0.1, 0.15) is 38.3 Å². The van der Waals surface area contributed by atoms with Gasteiger partial charge in [-0.05, 0) is 49.4 Å². The van der Waals surface area contributed by atoms with Crippen molar-refractivity contribution in [3.8, 4) is 0 Å². The summed E-state index contributed by atoms with van der Waals surface area (Å²) < 4.78 is 2.30. The largest absolute Gasteiger partial charge is 0.324 e. The highest BCUT2D eigenvalue weighted by Crippen LogP contribution is 2.38. The molecule has 0 aliphatic heterocycles. The topological polar surface area (TPSA) is 26.0 Å². The lowest BCUT2D eigenvalue weighted by atomic mass is 9.91. The molecular weight excluding hydrogens is 326 g/mol. The van der Waals surface area contributed by atoms with Gasteiger partial charge in [0.1, 0.15) is 0 Å². The van der Waals surface area contributed by atoms with Crippen LogP contribution >= 0.6 is 43.2 Å². The minimum absolute atomic E-state index is 0.155. The molecule has 14 heavy (non-hydrogen) atoms. The molecule has 0 aliphatic rings. The van der Waals surface area contributed by atoms with Crippen molar-refractivity contribution in [3.63, 3.8) is 0 Å². The molecule has 1 atom stereocenters. The van der Waals surface area contributed by atoms with E-state index in [1.54, 1.807) is 11.3 Å². The van der Waals surface area contributed by atoms with Crippen LogP contribution in [0.3, 0.4) is 0 Å². The van der Waals surface area contributed by atoms with Crippen molar-refractivity contribution in [1.82, 2.24) is 0 Å². The molecule has 0 radical (unpaired) electrons. The number of halogens is 2. The van der Waals surface area contributed by atoms with Gasteiger partial charge in [-0.1, -0.05) is 26.7 Å². The zero-order chi connectivity index (χ0) is 10.7. The summed E-state index contributed by atoms with van der Waals surface area (Å²) in [5.41, 5.74) is 7.46. The van der Waals surface area contributed by atoms with E-state index >= 15 is 0 Å². The first-order valence-electron chi connectivity index (χ1n) is 4.80. The molecule has 0 amide bonds. The Morgan fingerprint density at radius 1 is 1.36 bits per heavy atom. The Hall–Kier alpha value is 0.620. The zero-order valence-electron chi connectivity index (χ0n) is 8.39. The highest BCUT2D eigenvalue weighted by Gasteiger charge is 2.20. The van der Waals surface area contributed by atoms with Crippen molar-refractivity contribution >= 4 is 43.2 Å². The normalized spacial score (nSPS) is 13.6. The minimum atomic E-state index is 0.155. The van der Waals surface area contributed by atoms with Gasteiger partial charge in [-0.25, -0.2) is 0 Å². The van der Waals surface area contributed by atoms with Crippen LogP contribution in [0, 0.1) is 5.92 Å². The second-order valence-electron chi connectivity index (χ2n) is 3.38. The molecule has 0 aromatic carbocycles. The van der Waals surface area contributed by atoms with Gasteiger partial charge in [0.05, 0.1) is 7.57 Å². The Bertz CT molecular complexity index is 294. The van der Waals surface area contributed by atoms with E-state index in [1.165, 1.54) is 5.56 Å². The number of rotatable bonds is 4. The van der Waals surface area contributed by atoms with Crippen LogP contribution in [0.5, 0.6) is 0 Å². The molecule has 1 unspecified atom stereocenters. The standard InChI is InChI=1S/C10H15Br2NS/c1-3-6(4-2)9(13)7-5-8(11)14-10(7)12/h5-6,9H,3-4,13H2,1-2H3. The van der Waals surface area contributed by atoms with Crippen molar-refractivity contribution in [2.24, 2.45) is 11.7 Å². The molecule has 0 spiro atoms. The van der Waals surface area contributed by atoms with Crippen molar-refractivity contribution in [2.75, 3.05) is 0 Å². The van der Waals surface area contributed by atoms with Gasteiger partial charge in [-0.15, -0.1) is 11.3 Å². The van der Waals surface area contributed by atoms with Crippen molar-refractivity contribution < 1.29 is 0 Å². The van der Waals surface area contributed by atoms with E-state index in [0.717, 1.165) is 20.4 Å². The average Bonchev–Trinajstić information content (AvgIpc) is 2.47. The number of thiophene rings is 1. The lowest BCUT2D eigenvalue weighted by Crippen LogP contribution is -2.20. The Morgan fingerprint density at radius 3 is 2.29 bits per heavy atom. The first kappa shape index (κ1) is 12.7. The van der Waals surface area contributed by atoms with Gasteiger partial charge < -0.3 is 5.73 Å². The third kappa shape index (κ3) is 2.81. The summed E-state index contributed by atoms with van der Waals surface area (Å²) in [4.78, 5) is 0. The van der Waals surface area contributed by atoms with E-state index < -0.39 is 0 Å². The predicted molar refractivity (Wildman–Crippen MR) is 70.7 cm³/mol. The van der Waals surface area contributed by atoms with Crippen LogP contribution in [0.15, 0.2) is 13.6 Å². The van der Waals surface area contributed by atoms with E-state index in [1.807, 2.05) is 0 Å². The van der Waals surface area contributed by atoms with E-state index in [4.69, 9.17) is 5.73 Å². The molecule has 4 heteroatoms. The molecular formula is C10H15Br2NS. The maximum absolute atomic E-state index is 6.23. The molecule has 0 saturated heterocycles. The zero-order valence-corrected chi connectivity index (χ0v) is 12.4. The van der Waals surface area contributed by atoms with Crippen LogP contribution < -0.4 is 5.73 Å². The highest BCUT2D eigenvalue weighted by molar-refractivity contribution is 9.12. The van der Waals surface area contributed by atoms with Gasteiger partial charge in [-0.2, -0.15) is 0 Å². The third-order valence-electron chi connectivity index (χ3n) is 2.60. The molecule has 2 N–H and O–H groups in total. The maximum Gasteiger partial charge on any atom is 0.0758 e. The highest BCUT2D eigenvalue weighted by atomic mass is 79.9. The quantitative estimate of drug-likeness (QED) is 0.843. The molecule has 1 nitrogen and oxygen atoms in total. The minimum Gasteiger partial charge on any atom is -0.324 e. The van der Waals surface area contributed by atoms with Gasteiger partial charge in [-0.3, -0.25) is 0 Å². The van der Waals surface area contributed by atoms with E-state index in [0.29, 0.717) is 5.92 Å². The molecule has 80 valence electrons. The fraction of sp³-hybridized carbons (Fsp3) is 0.600. The van der Waals surface area contributed by atoms with Gasteiger partial charge >= 0.3 is 0 Å². The summed E-state index contributed by atoms with van der Waals surface area (Å²) in [6.45, 7) is 4.40. The van der Waals surface area contributed by atoms with E-state index in [-0.39, 0.29) is 6.04 Å². The van der Waals surface area contributed by atoms with Gasteiger partial charge in [0.15, 0.2) is 0 Å². The third-order valence-corrected chi connectivity index (χ3v) is 4.98. The molecule has 1 heterocycles. The SMILES string of the molecule is CCC(CC)C(N)c1cc(Br)sc1Br. The second-order valence-corrected chi connectivity index (χ2v) is 7.13. The van der Waals surface area contributed by atoms with Crippen LogP contribution in [-0.2, 0) is 0 Å². The lowest BCUT2D eigenvalue weighted by Gasteiger charge is -2.20. The number of hydrogen-bond donors (Lipinski definition) is 1. The van der Waals surface area contributed by atoms with Gasteiger partial charge in [0.25, 0.3) is 0 Å². The Balaban J connectivity index is 2.87. The van der Waals surface area contributed by atoms with Crippen LogP contribution in [-0.4, -0.2) is 0 Å². The fourth-order valence-corrected chi connectivity index (χ4v) is 4.59. The summed E-state index contributed by atoms with van der Waals surface area (Å²) in [7, 11) is 0. The molecule has 1 rings (SSSR count). The van der Waals surface area contributed by atoms with Crippen LogP contribution in [0.4, 0.5) is 0 Å². The van der Waals surface area contributed by atoms with Gasteiger partial charge in [0, 0.05) is 6.04 Å². The van der Waals surface area contributed by atoms with Crippen molar-refractivity contribution in [2.45, 2.75) is 32.7 Å². The smallest absolute Gasteiger partial charge is 0.0758 e. The summed E-state index contributed by atoms with van der Waals surface area (Å²) in [6.07, 6.45) is 2.27. The first-order valence-corrected chi connectivity index (χ1v) is 7.20. The lowest BCUT2D eigenvalue weighted by molar-refractivity contribution is 0.405. The fourth-order valence-electron chi connectivity index (χ4n) is 1.63. The molecule has 0 saturated carbocycles. The van der Waals surface area contributed by atoms with E-state index in [9.17, 15) is 0 Å². The van der Waals surface area contributed by atoms with Crippen LogP contribution in [0.2, 0.25) is 0 Å². The molecule has 0 fully saturated rings. The van der Waals surface area contributed by atoms with Crippen LogP contribution in [0.25, 0.3) is 0 Å². The monoisotopic (exact) mass is 339 g/mol. The molecule has 0 bridgehead atoms. The summed E-state index contributed by atoms with van der Waals surface area (Å²) in [5.74, 6) is 0.577. The van der Waals surface area contributed by atoms with Crippen molar-refractivity contribution in [3.05, 3.63) is 19.2 Å². The van der Waals surface area contributed by atoms with Gasteiger partial charge in [0.2, 0.25) is 0 Å². The second kappa shape index (κ2) is 5.64. The summed E-state index contributed by atoms with van der Waals surface area (Å²) in [5, 5.41) is 0. The molecule has 1 aromatic rings. The Kier molecular flexibility index (Phi) is 5.11. The first-order chi connectivity index (χ1) is 6.60. The predicted octanol–water partition coefficient (Wildman–Crippen LogP) is 4.71. The summed E-state index contributed by atoms with van der Waals surface area (Å²) in [6, 6.07) is 2.28.